The van der Waals surface area contributed by atoms with Crippen molar-refractivity contribution in [3.05, 3.63) is 54.1 Å². The largest absolute Gasteiger partial charge is 0.299 e. The minimum atomic E-state index is 0.824. The molecule has 0 amide bonds. The summed E-state index contributed by atoms with van der Waals surface area (Å²) in [5.41, 5.74) is 2.09. The summed E-state index contributed by atoms with van der Waals surface area (Å²) in [6.45, 7) is 1.94. The summed E-state index contributed by atoms with van der Waals surface area (Å²) in [4.78, 5) is 10.4. The zero-order valence-electron chi connectivity index (χ0n) is 8.60. The van der Waals surface area contributed by atoms with Gasteiger partial charge in [-0.05, 0) is 41.0 Å². The van der Waals surface area contributed by atoms with Crippen LogP contribution in [0.4, 0.5) is 0 Å². The van der Waals surface area contributed by atoms with Gasteiger partial charge in [-0.3, -0.25) is 4.79 Å². The molecule has 1 heteroatoms. The second-order valence-corrected chi connectivity index (χ2v) is 3.55. The highest BCUT2D eigenvalue weighted by atomic mass is 16.1. The minimum absolute atomic E-state index is 0.824. The number of fused-ring (bicyclic) bond motifs is 1. The summed E-state index contributed by atoms with van der Waals surface area (Å²) in [7, 11) is 0. The third-order valence-electron chi connectivity index (χ3n) is 2.52. The van der Waals surface area contributed by atoms with Gasteiger partial charge in [-0.1, -0.05) is 36.4 Å². The molecule has 0 radical (unpaired) electrons. The van der Waals surface area contributed by atoms with Crippen molar-refractivity contribution in [2.24, 2.45) is 0 Å². The standard InChI is InChI=1S/C14H12O/c1-11(8-9-15)13-7-6-12-4-2-3-5-14(12)10-13/h2-10H,1H3/b11-8+. The zero-order chi connectivity index (χ0) is 10.7. The van der Waals surface area contributed by atoms with E-state index in [2.05, 4.69) is 24.3 Å². The van der Waals surface area contributed by atoms with Crippen molar-refractivity contribution in [1.82, 2.24) is 0 Å². The van der Waals surface area contributed by atoms with Crippen LogP contribution in [0.5, 0.6) is 0 Å². The predicted molar refractivity (Wildman–Crippen MR) is 63.7 cm³/mol. The first-order valence-corrected chi connectivity index (χ1v) is 4.92. The molecule has 1 nitrogen and oxygen atoms in total. The van der Waals surface area contributed by atoms with Gasteiger partial charge in [-0.15, -0.1) is 0 Å². The number of carbonyl (C=O) groups excluding carboxylic acids is 1. The molecule has 0 spiro atoms. The van der Waals surface area contributed by atoms with Crippen molar-refractivity contribution >= 4 is 22.6 Å². The Balaban J connectivity index is 2.56. The Morgan fingerprint density at radius 1 is 1.07 bits per heavy atom. The molecule has 0 aliphatic rings. The molecule has 74 valence electrons. The van der Waals surface area contributed by atoms with Gasteiger partial charge in [0.2, 0.25) is 0 Å². The molecule has 0 N–H and O–H groups in total. The highest BCUT2D eigenvalue weighted by Gasteiger charge is 1.97. The van der Waals surface area contributed by atoms with Gasteiger partial charge in [0.15, 0.2) is 0 Å². The second-order valence-electron chi connectivity index (χ2n) is 3.55. The van der Waals surface area contributed by atoms with Crippen LogP contribution in [0.25, 0.3) is 16.3 Å². The number of rotatable bonds is 2. The molecular weight excluding hydrogens is 184 g/mol. The Kier molecular flexibility index (Phi) is 2.64. The van der Waals surface area contributed by atoms with Crippen molar-refractivity contribution < 1.29 is 4.79 Å². The molecular formula is C14H12O. The summed E-state index contributed by atoms with van der Waals surface area (Å²) < 4.78 is 0. The molecule has 2 rings (SSSR count). The highest BCUT2D eigenvalue weighted by Crippen LogP contribution is 2.20. The molecule has 0 aliphatic heterocycles. The number of hydrogen-bond donors (Lipinski definition) is 0. The lowest BCUT2D eigenvalue weighted by Gasteiger charge is -2.02. The van der Waals surface area contributed by atoms with Crippen molar-refractivity contribution in [2.45, 2.75) is 6.92 Å². The molecule has 0 heterocycles. The van der Waals surface area contributed by atoms with Crippen LogP contribution in [-0.4, -0.2) is 6.29 Å². The first kappa shape index (κ1) is 9.66. The molecule has 0 bridgehead atoms. The Morgan fingerprint density at radius 2 is 1.80 bits per heavy atom. The Hall–Kier alpha value is -1.89. The molecule has 0 fully saturated rings. The lowest BCUT2D eigenvalue weighted by Crippen LogP contribution is -1.81. The lowest BCUT2D eigenvalue weighted by molar-refractivity contribution is -0.104. The summed E-state index contributed by atoms with van der Waals surface area (Å²) in [5, 5.41) is 2.42. The number of aldehydes is 1. The Bertz CT molecular complexity index is 524. The average molecular weight is 196 g/mol. The van der Waals surface area contributed by atoms with Crippen LogP contribution in [0.1, 0.15) is 12.5 Å². The first-order valence-electron chi connectivity index (χ1n) is 4.92. The third-order valence-corrected chi connectivity index (χ3v) is 2.52. The van der Waals surface area contributed by atoms with E-state index in [0.29, 0.717) is 0 Å². The summed E-state index contributed by atoms with van der Waals surface area (Å²) in [6, 6.07) is 14.4. The van der Waals surface area contributed by atoms with Gasteiger partial charge in [0, 0.05) is 0 Å². The van der Waals surface area contributed by atoms with Crippen LogP contribution in [0, 0.1) is 0 Å². The summed E-state index contributed by atoms with van der Waals surface area (Å²) in [5.74, 6) is 0. The Labute approximate surface area is 89.0 Å². The van der Waals surface area contributed by atoms with Crippen LogP contribution in [-0.2, 0) is 4.79 Å². The van der Waals surface area contributed by atoms with Crippen molar-refractivity contribution in [1.29, 1.82) is 0 Å². The molecule has 15 heavy (non-hydrogen) atoms. The fourth-order valence-electron chi connectivity index (χ4n) is 1.63. The smallest absolute Gasteiger partial charge is 0.143 e. The van der Waals surface area contributed by atoms with Crippen molar-refractivity contribution in [3.8, 4) is 0 Å². The molecule has 0 atom stereocenters. The van der Waals surface area contributed by atoms with E-state index < -0.39 is 0 Å². The quantitative estimate of drug-likeness (QED) is 0.531. The fourth-order valence-corrected chi connectivity index (χ4v) is 1.63. The molecule has 0 saturated carbocycles. The molecule has 2 aromatic carbocycles. The van der Waals surface area contributed by atoms with E-state index in [-0.39, 0.29) is 0 Å². The maximum atomic E-state index is 10.4. The molecule has 0 aliphatic carbocycles. The zero-order valence-corrected chi connectivity index (χ0v) is 8.60. The molecule has 2 aromatic rings. The van der Waals surface area contributed by atoms with E-state index in [4.69, 9.17) is 0 Å². The van der Waals surface area contributed by atoms with Crippen molar-refractivity contribution in [3.63, 3.8) is 0 Å². The van der Waals surface area contributed by atoms with E-state index in [1.807, 2.05) is 25.1 Å². The van der Waals surface area contributed by atoms with Crippen LogP contribution >= 0.6 is 0 Å². The van der Waals surface area contributed by atoms with E-state index in [0.717, 1.165) is 17.4 Å². The second kappa shape index (κ2) is 4.09. The van der Waals surface area contributed by atoms with E-state index >= 15 is 0 Å². The van der Waals surface area contributed by atoms with Gasteiger partial charge >= 0.3 is 0 Å². The van der Waals surface area contributed by atoms with Crippen molar-refractivity contribution in [2.75, 3.05) is 0 Å². The summed E-state index contributed by atoms with van der Waals surface area (Å²) >= 11 is 0. The highest BCUT2D eigenvalue weighted by molar-refractivity contribution is 5.88. The van der Waals surface area contributed by atoms with Crippen LogP contribution in [0.2, 0.25) is 0 Å². The lowest BCUT2D eigenvalue weighted by atomic mass is 10.0. The Morgan fingerprint density at radius 3 is 2.53 bits per heavy atom. The SMILES string of the molecule is C/C(=C\C=O)c1ccc2ccccc2c1. The number of benzene rings is 2. The molecule has 0 saturated heterocycles. The molecule has 0 aromatic heterocycles. The topological polar surface area (TPSA) is 17.1 Å². The number of hydrogen-bond acceptors (Lipinski definition) is 1. The van der Waals surface area contributed by atoms with E-state index in [1.54, 1.807) is 6.08 Å². The van der Waals surface area contributed by atoms with Gasteiger partial charge in [0.25, 0.3) is 0 Å². The minimum Gasteiger partial charge on any atom is -0.299 e. The van der Waals surface area contributed by atoms with Gasteiger partial charge in [-0.25, -0.2) is 0 Å². The number of allylic oxidation sites excluding steroid dienone is 2. The maximum Gasteiger partial charge on any atom is 0.143 e. The average Bonchev–Trinajstić information content (AvgIpc) is 2.29. The van der Waals surface area contributed by atoms with E-state index in [1.165, 1.54) is 10.8 Å². The summed E-state index contributed by atoms with van der Waals surface area (Å²) in [6.07, 6.45) is 2.41. The fraction of sp³-hybridized carbons (Fsp3) is 0.0714. The maximum absolute atomic E-state index is 10.4. The van der Waals surface area contributed by atoms with E-state index in [9.17, 15) is 4.79 Å². The van der Waals surface area contributed by atoms with Crippen LogP contribution < -0.4 is 0 Å². The normalized spacial score (nSPS) is 11.7. The van der Waals surface area contributed by atoms with Gasteiger partial charge in [0.05, 0.1) is 0 Å². The monoisotopic (exact) mass is 196 g/mol. The van der Waals surface area contributed by atoms with Gasteiger partial charge < -0.3 is 0 Å². The number of carbonyl (C=O) groups is 1. The van der Waals surface area contributed by atoms with Gasteiger partial charge in [-0.2, -0.15) is 0 Å². The molecule has 0 unspecified atom stereocenters. The van der Waals surface area contributed by atoms with Crippen LogP contribution in [0.15, 0.2) is 48.5 Å². The first-order chi connectivity index (χ1) is 7.31. The van der Waals surface area contributed by atoms with Crippen LogP contribution in [0.3, 0.4) is 0 Å². The predicted octanol–water partition coefficient (Wildman–Crippen LogP) is 3.44. The third kappa shape index (κ3) is 1.96. The van der Waals surface area contributed by atoms with Gasteiger partial charge in [0.1, 0.15) is 6.29 Å².